The zero-order chi connectivity index (χ0) is 10.9. The van der Waals surface area contributed by atoms with E-state index in [4.69, 9.17) is 10.5 Å². The molecule has 1 aromatic rings. The van der Waals surface area contributed by atoms with Crippen LogP contribution < -0.4 is 5.73 Å². The Balaban J connectivity index is 2.26. The average Bonchev–Trinajstić information content (AvgIpc) is 2.86. The Morgan fingerprint density at radius 3 is 3.07 bits per heavy atom. The minimum absolute atomic E-state index is 0.339. The van der Waals surface area contributed by atoms with E-state index in [1.54, 1.807) is 12.5 Å². The molecule has 2 atom stereocenters. The van der Waals surface area contributed by atoms with Crippen molar-refractivity contribution in [3.05, 3.63) is 18.2 Å². The lowest BCUT2D eigenvalue weighted by atomic mass is 9.80. The van der Waals surface area contributed by atoms with Crippen LogP contribution in [0.15, 0.2) is 12.5 Å². The summed E-state index contributed by atoms with van der Waals surface area (Å²) in [6.07, 6.45) is 3.56. The van der Waals surface area contributed by atoms with Gasteiger partial charge in [-0.05, 0) is 6.42 Å². The Morgan fingerprint density at radius 2 is 2.60 bits per heavy atom. The van der Waals surface area contributed by atoms with Gasteiger partial charge < -0.3 is 20.1 Å². The number of ether oxygens (including phenoxy) is 1. The number of hydrogen-bond acceptors (Lipinski definition) is 4. The van der Waals surface area contributed by atoms with Crippen LogP contribution in [0.4, 0.5) is 0 Å². The van der Waals surface area contributed by atoms with E-state index in [-0.39, 0.29) is 5.41 Å². The summed E-state index contributed by atoms with van der Waals surface area (Å²) in [5.74, 6) is 0. The van der Waals surface area contributed by atoms with E-state index in [0.717, 1.165) is 12.1 Å². The topological polar surface area (TPSA) is 73.3 Å². The van der Waals surface area contributed by atoms with Crippen LogP contribution in [0.5, 0.6) is 0 Å². The first-order chi connectivity index (χ1) is 7.19. The molecule has 0 aliphatic carbocycles. The van der Waals surface area contributed by atoms with E-state index in [9.17, 15) is 5.11 Å². The van der Waals surface area contributed by atoms with Gasteiger partial charge in [0.25, 0.3) is 0 Å². The molecule has 3 N–H and O–H groups in total. The van der Waals surface area contributed by atoms with E-state index in [1.807, 2.05) is 11.6 Å². The lowest BCUT2D eigenvalue weighted by molar-refractivity contribution is 0.0144. The number of aryl methyl sites for hydroxylation is 1. The maximum Gasteiger partial charge on any atom is 0.105 e. The van der Waals surface area contributed by atoms with Gasteiger partial charge in [0.1, 0.15) is 6.10 Å². The number of imidazole rings is 1. The van der Waals surface area contributed by atoms with Gasteiger partial charge in [-0.25, -0.2) is 4.98 Å². The smallest absolute Gasteiger partial charge is 0.105 e. The van der Waals surface area contributed by atoms with Crippen molar-refractivity contribution in [3.8, 4) is 0 Å². The first-order valence-electron chi connectivity index (χ1n) is 5.12. The predicted molar refractivity (Wildman–Crippen MR) is 55.1 cm³/mol. The van der Waals surface area contributed by atoms with E-state index in [1.165, 1.54) is 0 Å². The van der Waals surface area contributed by atoms with Crippen molar-refractivity contribution in [2.24, 2.45) is 18.2 Å². The molecule has 0 spiro atoms. The number of hydrogen-bond donors (Lipinski definition) is 2. The number of aromatic nitrogens is 2. The highest BCUT2D eigenvalue weighted by Crippen LogP contribution is 2.39. The second-order valence-electron chi connectivity index (χ2n) is 4.20. The molecule has 2 unspecified atom stereocenters. The summed E-state index contributed by atoms with van der Waals surface area (Å²) >= 11 is 0. The number of aliphatic hydroxyl groups is 1. The van der Waals surface area contributed by atoms with Gasteiger partial charge in [-0.2, -0.15) is 0 Å². The fourth-order valence-electron chi connectivity index (χ4n) is 2.06. The minimum atomic E-state index is -0.600. The quantitative estimate of drug-likeness (QED) is 0.727. The molecule has 0 amide bonds. The first-order valence-corrected chi connectivity index (χ1v) is 5.12. The van der Waals surface area contributed by atoms with Crippen molar-refractivity contribution in [2.75, 3.05) is 19.8 Å². The van der Waals surface area contributed by atoms with Crippen LogP contribution in [-0.4, -0.2) is 34.4 Å². The third-order valence-electron chi connectivity index (χ3n) is 3.25. The third kappa shape index (κ3) is 1.67. The van der Waals surface area contributed by atoms with Gasteiger partial charge in [0, 0.05) is 25.6 Å². The summed E-state index contributed by atoms with van der Waals surface area (Å²) in [6.45, 7) is 1.63. The zero-order valence-corrected chi connectivity index (χ0v) is 8.89. The van der Waals surface area contributed by atoms with Crippen molar-refractivity contribution < 1.29 is 9.84 Å². The maximum absolute atomic E-state index is 10.3. The Hall–Kier alpha value is -0.910. The fraction of sp³-hybridized carbons (Fsp3) is 0.700. The molecule has 0 aromatic carbocycles. The SMILES string of the molecule is Cn1cncc1C(O)C1(CN)CCOC1. The monoisotopic (exact) mass is 211 g/mol. The molecule has 5 heteroatoms. The number of aliphatic hydroxyl groups excluding tert-OH is 1. The summed E-state index contributed by atoms with van der Waals surface area (Å²) < 4.78 is 7.16. The molecule has 2 rings (SSSR count). The van der Waals surface area contributed by atoms with Gasteiger partial charge in [0.2, 0.25) is 0 Å². The normalized spacial score (nSPS) is 28.2. The van der Waals surface area contributed by atoms with Crippen LogP contribution in [0, 0.1) is 5.41 Å². The van der Waals surface area contributed by atoms with E-state index in [2.05, 4.69) is 4.98 Å². The molecule has 0 bridgehead atoms. The molecule has 2 heterocycles. The number of nitrogens with zero attached hydrogens (tertiary/aromatic N) is 2. The largest absolute Gasteiger partial charge is 0.386 e. The average molecular weight is 211 g/mol. The Bertz CT molecular complexity index is 331. The van der Waals surface area contributed by atoms with Crippen LogP contribution in [0.25, 0.3) is 0 Å². The number of rotatable bonds is 3. The molecule has 1 aromatic heterocycles. The Morgan fingerprint density at radius 1 is 1.80 bits per heavy atom. The fourth-order valence-corrected chi connectivity index (χ4v) is 2.06. The molecule has 15 heavy (non-hydrogen) atoms. The summed E-state index contributed by atoms with van der Waals surface area (Å²) in [6, 6.07) is 0. The van der Waals surface area contributed by atoms with Gasteiger partial charge in [-0.3, -0.25) is 0 Å². The van der Waals surface area contributed by atoms with Crippen LogP contribution >= 0.6 is 0 Å². The van der Waals surface area contributed by atoms with E-state index < -0.39 is 6.10 Å². The van der Waals surface area contributed by atoms with Crippen molar-refractivity contribution in [3.63, 3.8) is 0 Å². The Kier molecular flexibility index (Phi) is 2.77. The molecule has 0 radical (unpaired) electrons. The highest BCUT2D eigenvalue weighted by molar-refractivity contribution is 5.09. The summed E-state index contributed by atoms with van der Waals surface area (Å²) in [5, 5.41) is 10.3. The molecule has 84 valence electrons. The van der Waals surface area contributed by atoms with Crippen molar-refractivity contribution in [2.45, 2.75) is 12.5 Å². The highest BCUT2D eigenvalue weighted by Gasteiger charge is 2.42. The molecule has 1 saturated heterocycles. The predicted octanol–water partition coefficient (Wildman–Crippen LogP) is -0.181. The highest BCUT2D eigenvalue weighted by atomic mass is 16.5. The van der Waals surface area contributed by atoms with Crippen molar-refractivity contribution in [1.82, 2.24) is 9.55 Å². The Labute approximate surface area is 88.9 Å². The summed E-state index contributed by atoms with van der Waals surface area (Å²) in [5.41, 5.74) is 6.21. The number of nitrogens with two attached hydrogens (primary N) is 1. The van der Waals surface area contributed by atoms with Crippen LogP contribution in [0.2, 0.25) is 0 Å². The van der Waals surface area contributed by atoms with Gasteiger partial charge >= 0.3 is 0 Å². The van der Waals surface area contributed by atoms with Crippen LogP contribution in [-0.2, 0) is 11.8 Å². The van der Waals surface area contributed by atoms with Crippen molar-refractivity contribution in [1.29, 1.82) is 0 Å². The molecular formula is C10H17N3O2. The first kappa shape index (κ1) is 10.6. The van der Waals surface area contributed by atoms with E-state index >= 15 is 0 Å². The maximum atomic E-state index is 10.3. The van der Waals surface area contributed by atoms with E-state index in [0.29, 0.717) is 19.8 Å². The van der Waals surface area contributed by atoms with Crippen LogP contribution in [0.1, 0.15) is 18.2 Å². The summed E-state index contributed by atoms with van der Waals surface area (Å²) in [7, 11) is 1.87. The molecule has 1 fully saturated rings. The van der Waals surface area contributed by atoms with Gasteiger partial charge in [-0.1, -0.05) is 0 Å². The second kappa shape index (κ2) is 3.92. The van der Waals surface area contributed by atoms with Gasteiger partial charge in [-0.15, -0.1) is 0 Å². The minimum Gasteiger partial charge on any atom is -0.386 e. The van der Waals surface area contributed by atoms with Crippen LogP contribution in [0.3, 0.4) is 0 Å². The third-order valence-corrected chi connectivity index (χ3v) is 3.25. The summed E-state index contributed by atoms with van der Waals surface area (Å²) in [4.78, 5) is 4.00. The molecule has 5 nitrogen and oxygen atoms in total. The second-order valence-corrected chi connectivity index (χ2v) is 4.20. The molecule has 0 saturated carbocycles. The molecule has 1 aliphatic rings. The lowest BCUT2D eigenvalue weighted by Crippen LogP contribution is -2.38. The molecular weight excluding hydrogens is 194 g/mol. The van der Waals surface area contributed by atoms with Gasteiger partial charge in [0.05, 0.1) is 24.8 Å². The lowest BCUT2D eigenvalue weighted by Gasteiger charge is -2.31. The van der Waals surface area contributed by atoms with Crippen molar-refractivity contribution >= 4 is 0 Å². The zero-order valence-electron chi connectivity index (χ0n) is 8.89. The molecule has 1 aliphatic heterocycles. The van der Waals surface area contributed by atoms with Gasteiger partial charge in [0.15, 0.2) is 0 Å². The standard InChI is InChI=1S/C10H17N3O2/c1-13-7-12-4-8(13)9(14)10(5-11)2-3-15-6-10/h4,7,9,14H,2-3,5-6,11H2,1H3.